The second kappa shape index (κ2) is 4.07. The number of hydrogen-bond donors (Lipinski definition) is 0. The Balaban J connectivity index is 2.64. The van der Waals surface area contributed by atoms with Crippen LogP contribution in [0.1, 0.15) is 5.69 Å². The minimum Gasteiger partial charge on any atom is -0.403 e. The molecule has 0 aliphatic rings. The van der Waals surface area contributed by atoms with Crippen LogP contribution in [0.4, 0.5) is 13.2 Å². The first-order valence-electron chi connectivity index (χ1n) is 4.68. The highest BCUT2D eigenvalue weighted by atomic mass is 35.5. The van der Waals surface area contributed by atoms with Crippen LogP contribution in [0.3, 0.4) is 0 Å². The van der Waals surface area contributed by atoms with Gasteiger partial charge in [0.05, 0.1) is 5.02 Å². The second-order valence-electron chi connectivity index (χ2n) is 3.45. The Morgan fingerprint density at radius 2 is 2.00 bits per heavy atom. The lowest BCUT2D eigenvalue weighted by atomic mass is 10.2. The number of fused-ring (bicyclic) bond motifs is 1. The van der Waals surface area contributed by atoms with E-state index in [1.165, 1.54) is 12.1 Å². The number of aryl methyl sites for hydroxylation is 1. The molecule has 0 amide bonds. The molecule has 0 saturated carbocycles. The summed E-state index contributed by atoms with van der Waals surface area (Å²) in [6.07, 6.45) is -4.74. The molecule has 2 nitrogen and oxygen atoms in total. The van der Waals surface area contributed by atoms with Gasteiger partial charge in [-0.2, -0.15) is 0 Å². The van der Waals surface area contributed by atoms with Crippen LogP contribution in [0.25, 0.3) is 10.9 Å². The molecule has 0 spiro atoms. The van der Waals surface area contributed by atoms with Crippen molar-refractivity contribution in [1.29, 1.82) is 0 Å². The Hall–Kier alpha value is -1.49. The summed E-state index contributed by atoms with van der Waals surface area (Å²) in [5.41, 5.74) is 0.635. The zero-order chi connectivity index (χ0) is 12.6. The van der Waals surface area contributed by atoms with E-state index in [0.29, 0.717) is 16.1 Å². The molecular weight excluding hydrogens is 255 g/mol. The minimum atomic E-state index is -4.74. The summed E-state index contributed by atoms with van der Waals surface area (Å²) in [6.45, 7) is 1.65. The molecule has 0 radical (unpaired) electrons. The van der Waals surface area contributed by atoms with Crippen LogP contribution in [0.15, 0.2) is 24.3 Å². The lowest BCUT2D eigenvalue weighted by Crippen LogP contribution is -2.17. The summed E-state index contributed by atoms with van der Waals surface area (Å²) in [7, 11) is 0. The van der Waals surface area contributed by atoms with Gasteiger partial charge in [-0.15, -0.1) is 13.2 Å². The molecule has 0 aliphatic heterocycles. The maximum atomic E-state index is 12.2. The van der Waals surface area contributed by atoms with E-state index in [-0.39, 0.29) is 11.3 Å². The van der Waals surface area contributed by atoms with Crippen LogP contribution < -0.4 is 4.74 Å². The standard InChI is InChI=1S/C11H7ClF3NO/c1-6-5-8(12)7-3-2-4-9(10(7)16-6)17-11(13,14)15/h2-5H,1H3. The number of halogens is 4. The zero-order valence-corrected chi connectivity index (χ0v) is 9.43. The van der Waals surface area contributed by atoms with Crippen LogP contribution in [0, 0.1) is 6.92 Å². The van der Waals surface area contributed by atoms with Gasteiger partial charge in [0.25, 0.3) is 0 Å². The van der Waals surface area contributed by atoms with Gasteiger partial charge in [0.2, 0.25) is 0 Å². The molecule has 2 rings (SSSR count). The molecule has 0 bridgehead atoms. The van der Waals surface area contributed by atoms with E-state index >= 15 is 0 Å². The molecule has 2 aromatic rings. The van der Waals surface area contributed by atoms with E-state index in [1.807, 2.05) is 0 Å². The fraction of sp³-hybridized carbons (Fsp3) is 0.182. The van der Waals surface area contributed by atoms with Gasteiger partial charge in [-0.1, -0.05) is 23.7 Å². The first-order chi connectivity index (χ1) is 7.87. The Morgan fingerprint density at radius 1 is 1.29 bits per heavy atom. The van der Waals surface area contributed by atoms with E-state index in [9.17, 15) is 13.2 Å². The van der Waals surface area contributed by atoms with Crippen molar-refractivity contribution >= 4 is 22.5 Å². The maximum Gasteiger partial charge on any atom is 0.573 e. The molecule has 17 heavy (non-hydrogen) atoms. The average Bonchev–Trinajstić information content (AvgIpc) is 2.17. The Kier molecular flexibility index (Phi) is 2.87. The second-order valence-corrected chi connectivity index (χ2v) is 3.85. The summed E-state index contributed by atoms with van der Waals surface area (Å²) in [4.78, 5) is 4.01. The van der Waals surface area contributed by atoms with Crippen molar-refractivity contribution in [2.75, 3.05) is 0 Å². The number of aromatic nitrogens is 1. The van der Waals surface area contributed by atoms with E-state index in [0.717, 1.165) is 0 Å². The predicted molar refractivity (Wildman–Crippen MR) is 58.2 cm³/mol. The highest BCUT2D eigenvalue weighted by Gasteiger charge is 2.32. The summed E-state index contributed by atoms with van der Waals surface area (Å²) < 4.78 is 40.5. The SMILES string of the molecule is Cc1cc(Cl)c2cccc(OC(F)(F)F)c2n1. The van der Waals surface area contributed by atoms with Crippen LogP contribution in [0.2, 0.25) is 5.02 Å². The third-order valence-corrected chi connectivity index (χ3v) is 2.42. The van der Waals surface area contributed by atoms with E-state index in [2.05, 4.69) is 9.72 Å². The quantitative estimate of drug-likeness (QED) is 0.771. The Labute approximate surface area is 100.0 Å². The molecular formula is C11H7ClF3NO. The lowest BCUT2D eigenvalue weighted by Gasteiger charge is -2.11. The number of pyridine rings is 1. The first-order valence-corrected chi connectivity index (χ1v) is 5.06. The fourth-order valence-corrected chi connectivity index (χ4v) is 1.82. The van der Waals surface area contributed by atoms with Gasteiger partial charge < -0.3 is 4.74 Å². The predicted octanol–water partition coefficient (Wildman–Crippen LogP) is 4.10. The van der Waals surface area contributed by atoms with Crippen LogP contribution in [-0.4, -0.2) is 11.3 Å². The summed E-state index contributed by atoms with van der Waals surface area (Å²) >= 11 is 5.93. The largest absolute Gasteiger partial charge is 0.573 e. The van der Waals surface area contributed by atoms with Crippen molar-refractivity contribution in [3.8, 4) is 5.75 Å². The van der Waals surface area contributed by atoms with Gasteiger partial charge in [-0.3, -0.25) is 0 Å². The number of rotatable bonds is 1. The van der Waals surface area contributed by atoms with E-state index in [4.69, 9.17) is 11.6 Å². The van der Waals surface area contributed by atoms with Gasteiger partial charge in [-0.05, 0) is 19.1 Å². The third-order valence-electron chi connectivity index (χ3n) is 2.11. The van der Waals surface area contributed by atoms with Gasteiger partial charge >= 0.3 is 6.36 Å². The molecule has 0 aliphatic carbocycles. The molecule has 6 heteroatoms. The molecule has 0 unspecified atom stereocenters. The average molecular weight is 262 g/mol. The molecule has 90 valence electrons. The van der Waals surface area contributed by atoms with Crippen molar-refractivity contribution in [1.82, 2.24) is 4.98 Å². The van der Waals surface area contributed by atoms with Gasteiger partial charge in [0.1, 0.15) is 5.52 Å². The minimum absolute atomic E-state index is 0.106. The summed E-state index contributed by atoms with van der Waals surface area (Å²) in [5.74, 6) is -0.347. The number of ether oxygens (including phenoxy) is 1. The highest BCUT2D eigenvalue weighted by Crippen LogP contribution is 2.32. The first kappa shape index (κ1) is 12.0. The van der Waals surface area contributed by atoms with Gasteiger partial charge in [0.15, 0.2) is 5.75 Å². The molecule has 1 aromatic heterocycles. The summed E-state index contributed by atoms with van der Waals surface area (Å²) in [6, 6.07) is 5.82. The monoisotopic (exact) mass is 261 g/mol. The number of hydrogen-bond acceptors (Lipinski definition) is 2. The molecule has 1 aromatic carbocycles. The molecule has 0 atom stereocenters. The fourth-order valence-electron chi connectivity index (χ4n) is 1.51. The van der Waals surface area contributed by atoms with E-state index < -0.39 is 6.36 Å². The van der Waals surface area contributed by atoms with Crippen molar-refractivity contribution in [2.24, 2.45) is 0 Å². The molecule has 0 N–H and O–H groups in total. The Bertz CT molecular complexity index is 568. The Morgan fingerprint density at radius 3 is 2.65 bits per heavy atom. The third kappa shape index (κ3) is 2.61. The zero-order valence-electron chi connectivity index (χ0n) is 8.68. The van der Waals surface area contributed by atoms with Crippen molar-refractivity contribution in [3.05, 3.63) is 35.0 Å². The van der Waals surface area contributed by atoms with Gasteiger partial charge in [-0.25, -0.2) is 4.98 Å². The lowest BCUT2D eigenvalue weighted by molar-refractivity contribution is -0.274. The topological polar surface area (TPSA) is 22.1 Å². The van der Waals surface area contributed by atoms with Crippen molar-refractivity contribution < 1.29 is 17.9 Å². The van der Waals surface area contributed by atoms with Gasteiger partial charge in [0, 0.05) is 11.1 Å². The van der Waals surface area contributed by atoms with E-state index in [1.54, 1.807) is 19.1 Å². The maximum absolute atomic E-state index is 12.2. The number of nitrogens with zero attached hydrogens (tertiary/aromatic N) is 1. The normalized spacial score (nSPS) is 11.8. The molecule has 0 saturated heterocycles. The number of benzene rings is 1. The molecule has 1 heterocycles. The van der Waals surface area contributed by atoms with Crippen molar-refractivity contribution in [3.63, 3.8) is 0 Å². The van der Waals surface area contributed by atoms with Crippen LogP contribution in [0.5, 0.6) is 5.75 Å². The van der Waals surface area contributed by atoms with Crippen LogP contribution in [-0.2, 0) is 0 Å². The smallest absolute Gasteiger partial charge is 0.403 e. The van der Waals surface area contributed by atoms with Crippen LogP contribution >= 0.6 is 11.6 Å². The highest BCUT2D eigenvalue weighted by molar-refractivity contribution is 6.35. The summed E-state index contributed by atoms with van der Waals surface area (Å²) in [5, 5.41) is 0.777. The number of para-hydroxylation sites is 1. The molecule has 0 fully saturated rings. The number of alkyl halides is 3. The van der Waals surface area contributed by atoms with Crippen molar-refractivity contribution in [2.45, 2.75) is 13.3 Å².